The maximum atomic E-state index is 12.7. The van der Waals surface area contributed by atoms with E-state index >= 15 is 0 Å². The predicted octanol–water partition coefficient (Wildman–Crippen LogP) is 1.65. The highest BCUT2D eigenvalue weighted by Crippen LogP contribution is 2.19. The molecule has 0 saturated carbocycles. The molecule has 0 fully saturated rings. The number of imidazole rings is 1. The van der Waals surface area contributed by atoms with E-state index in [-0.39, 0.29) is 5.91 Å². The maximum absolute atomic E-state index is 12.7. The highest BCUT2D eigenvalue weighted by molar-refractivity contribution is 7.15. The lowest BCUT2D eigenvalue weighted by Crippen LogP contribution is -2.19. The second-order valence-corrected chi connectivity index (χ2v) is 6.52. The fourth-order valence-corrected chi connectivity index (χ4v) is 3.03. The number of carbonyl (C=O) groups is 1. The number of anilines is 1. The van der Waals surface area contributed by atoms with Gasteiger partial charge in [-0.25, -0.2) is 4.98 Å². The summed E-state index contributed by atoms with van der Waals surface area (Å²) >= 11 is 1.28. The number of nitrogens with one attached hydrogen (secondary N) is 1. The summed E-state index contributed by atoms with van der Waals surface area (Å²) < 4.78 is 6.93. The van der Waals surface area contributed by atoms with Crippen molar-refractivity contribution in [2.75, 3.05) is 26.5 Å². The summed E-state index contributed by atoms with van der Waals surface area (Å²) in [6, 6.07) is 5.68. The van der Waals surface area contributed by atoms with Crippen molar-refractivity contribution in [2.24, 2.45) is 0 Å². The van der Waals surface area contributed by atoms with Gasteiger partial charge in [-0.3, -0.25) is 10.1 Å². The Labute approximate surface area is 143 Å². The Balaban J connectivity index is 1.90. The minimum atomic E-state index is -0.296. The Bertz CT molecular complexity index is 857. The number of methoxy groups -OCH3 is 1. The molecular formula is C15H18N6O2S. The lowest BCUT2D eigenvalue weighted by molar-refractivity contribution is 0.102. The van der Waals surface area contributed by atoms with Crippen LogP contribution >= 0.6 is 11.3 Å². The van der Waals surface area contributed by atoms with Gasteiger partial charge in [0.1, 0.15) is 17.3 Å². The molecule has 9 heteroatoms. The molecule has 3 aromatic heterocycles. The van der Waals surface area contributed by atoms with Crippen molar-refractivity contribution in [2.45, 2.75) is 13.2 Å². The molecule has 0 atom stereocenters. The SMILES string of the molecule is COCc1nnc(NC(=O)c2nc3ccccn3c2CN(C)C)s1. The van der Waals surface area contributed by atoms with Gasteiger partial charge in [-0.05, 0) is 26.2 Å². The van der Waals surface area contributed by atoms with E-state index < -0.39 is 0 Å². The molecule has 24 heavy (non-hydrogen) atoms. The summed E-state index contributed by atoms with van der Waals surface area (Å²) in [6.07, 6.45) is 1.90. The van der Waals surface area contributed by atoms with Crippen LogP contribution in [0.15, 0.2) is 24.4 Å². The van der Waals surface area contributed by atoms with Crippen molar-refractivity contribution in [3.05, 3.63) is 40.8 Å². The molecule has 0 spiro atoms. The Morgan fingerprint density at radius 3 is 2.96 bits per heavy atom. The van der Waals surface area contributed by atoms with Crippen molar-refractivity contribution in [1.29, 1.82) is 0 Å². The molecule has 0 radical (unpaired) electrons. The van der Waals surface area contributed by atoms with E-state index in [0.717, 1.165) is 11.3 Å². The number of carbonyl (C=O) groups excluding carboxylic acids is 1. The molecule has 3 heterocycles. The van der Waals surface area contributed by atoms with Crippen LogP contribution < -0.4 is 5.32 Å². The second-order valence-electron chi connectivity index (χ2n) is 5.46. The minimum Gasteiger partial charge on any atom is -0.377 e. The molecular weight excluding hydrogens is 328 g/mol. The van der Waals surface area contributed by atoms with Gasteiger partial charge in [-0.2, -0.15) is 0 Å². The van der Waals surface area contributed by atoms with Crippen molar-refractivity contribution in [3.63, 3.8) is 0 Å². The molecule has 8 nitrogen and oxygen atoms in total. The van der Waals surface area contributed by atoms with E-state index in [1.807, 2.05) is 47.8 Å². The van der Waals surface area contributed by atoms with Gasteiger partial charge in [0.25, 0.3) is 5.91 Å². The van der Waals surface area contributed by atoms with Gasteiger partial charge in [0.05, 0.1) is 5.69 Å². The van der Waals surface area contributed by atoms with Crippen LogP contribution in [0.2, 0.25) is 0 Å². The van der Waals surface area contributed by atoms with Crippen LogP contribution in [-0.2, 0) is 17.9 Å². The molecule has 0 aliphatic heterocycles. The predicted molar refractivity (Wildman–Crippen MR) is 91.2 cm³/mol. The summed E-state index contributed by atoms with van der Waals surface area (Å²) in [5, 5.41) is 11.8. The van der Waals surface area contributed by atoms with Gasteiger partial charge in [0.15, 0.2) is 5.69 Å². The first-order valence-corrected chi connectivity index (χ1v) is 8.13. The Kier molecular flexibility index (Phi) is 4.84. The van der Waals surface area contributed by atoms with Crippen molar-refractivity contribution >= 4 is 28.0 Å². The van der Waals surface area contributed by atoms with Gasteiger partial charge in [0, 0.05) is 19.9 Å². The number of aromatic nitrogens is 4. The fraction of sp³-hybridized carbons (Fsp3) is 0.333. The standard InChI is InChI=1S/C15H18N6O2S/c1-20(2)8-10-13(16-11-6-4-5-7-21(10)11)14(22)17-15-19-18-12(24-15)9-23-3/h4-7H,8-9H2,1-3H3,(H,17,19,22). The summed E-state index contributed by atoms with van der Waals surface area (Å²) in [5.41, 5.74) is 1.95. The molecule has 1 N–H and O–H groups in total. The topological polar surface area (TPSA) is 84.7 Å². The monoisotopic (exact) mass is 346 g/mol. The van der Waals surface area contributed by atoms with Gasteiger partial charge in [0.2, 0.25) is 5.13 Å². The third kappa shape index (κ3) is 3.42. The van der Waals surface area contributed by atoms with Gasteiger partial charge < -0.3 is 14.0 Å². The highest BCUT2D eigenvalue weighted by Gasteiger charge is 2.20. The Morgan fingerprint density at radius 2 is 2.21 bits per heavy atom. The number of nitrogens with zero attached hydrogens (tertiary/aromatic N) is 5. The van der Waals surface area contributed by atoms with Crippen LogP contribution in [0, 0.1) is 0 Å². The molecule has 0 bridgehead atoms. The molecule has 0 aliphatic rings. The van der Waals surface area contributed by atoms with Gasteiger partial charge in [-0.15, -0.1) is 10.2 Å². The van der Waals surface area contributed by atoms with Crippen LogP contribution in [0.3, 0.4) is 0 Å². The van der Waals surface area contributed by atoms with Crippen LogP contribution in [0.25, 0.3) is 5.65 Å². The largest absolute Gasteiger partial charge is 0.377 e. The summed E-state index contributed by atoms with van der Waals surface area (Å²) in [7, 11) is 5.49. The van der Waals surface area contributed by atoms with Crippen LogP contribution in [0.5, 0.6) is 0 Å². The number of ether oxygens (including phenoxy) is 1. The fourth-order valence-electron chi connectivity index (χ4n) is 2.32. The van der Waals surface area contributed by atoms with Gasteiger partial charge in [-0.1, -0.05) is 17.4 Å². The number of pyridine rings is 1. The summed E-state index contributed by atoms with van der Waals surface area (Å²) in [4.78, 5) is 19.1. The number of rotatable bonds is 6. The lowest BCUT2D eigenvalue weighted by Gasteiger charge is -2.10. The maximum Gasteiger partial charge on any atom is 0.278 e. The van der Waals surface area contributed by atoms with Gasteiger partial charge >= 0.3 is 0 Å². The Morgan fingerprint density at radius 1 is 1.38 bits per heavy atom. The molecule has 0 saturated heterocycles. The first kappa shape index (κ1) is 16.5. The zero-order valence-electron chi connectivity index (χ0n) is 13.7. The second kappa shape index (κ2) is 7.04. The normalized spacial score (nSPS) is 11.3. The van der Waals surface area contributed by atoms with E-state index in [1.165, 1.54) is 11.3 Å². The van der Waals surface area contributed by atoms with E-state index in [2.05, 4.69) is 20.5 Å². The van der Waals surface area contributed by atoms with E-state index in [9.17, 15) is 4.79 Å². The highest BCUT2D eigenvalue weighted by atomic mass is 32.1. The van der Waals surface area contributed by atoms with E-state index in [0.29, 0.717) is 29.0 Å². The molecule has 0 unspecified atom stereocenters. The molecule has 3 aromatic rings. The number of fused-ring (bicyclic) bond motifs is 1. The molecule has 1 amide bonds. The zero-order chi connectivity index (χ0) is 17.1. The Hall–Kier alpha value is -2.36. The molecule has 3 rings (SSSR count). The minimum absolute atomic E-state index is 0.296. The number of amides is 1. The average molecular weight is 346 g/mol. The summed E-state index contributed by atoms with van der Waals surface area (Å²) in [5.74, 6) is -0.296. The first-order chi connectivity index (χ1) is 11.6. The summed E-state index contributed by atoms with van der Waals surface area (Å²) in [6.45, 7) is 0.965. The van der Waals surface area contributed by atoms with Crippen LogP contribution in [0.1, 0.15) is 21.2 Å². The van der Waals surface area contributed by atoms with Crippen molar-refractivity contribution in [3.8, 4) is 0 Å². The smallest absolute Gasteiger partial charge is 0.278 e. The van der Waals surface area contributed by atoms with E-state index in [4.69, 9.17) is 4.74 Å². The zero-order valence-corrected chi connectivity index (χ0v) is 14.5. The quantitative estimate of drug-likeness (QED) is 0.730. The molecule has 0 aliphatic carbocycles. The first-order valence-electron chi connectivity index (χ1n) is 7.32. The average Bonchev–Trinajstić information content (AvgIpc) is 3.12. The molecule has 0 aromatic carbocycles. The lowest BCUT2D eigenvalue weighted by atomic mass is 10.3. The van der Waals surface area contributed by atoms with Crippen LogP contribution in [0.4, 0.5) is 5.13 Å². The molecule has 126 valence electrons. The number of hydrogen-bond donors (Lipinski definition) is 1. The van der Waals surface area contributed by atoms with Crippen molar-refractivity contribution in [1.82, 2.24) is 24.5 Å². The van der Waals surface area contributed by atoms with Crippen molar-refractivity contribution < 1.29 is 9.53 Å². The number of hydrogen-bond acceptors (Lipinski definition) is 7. The third-order valence-corrected chi connectivity index (χ3v) is 4.08. The van der Waals surface area contributed by atoms with E-state index in [1.54, 1.807) is 7.11 Å². The van der Waals surface area contributed by atoms with Crippen LogP contribution in [-0.4, -0.2) is 51.6 Å². The third-order valence-electron chi connectivity index (χ3n) is 3.27.